The Bertz CT molecular complexity index is 369. The third-order valence-electron chi connectivity index (χ3n) is 5.85. The van der Waals surface area contributed by atoms with Crippen molar-refractivity contribution in [3.05, 3.63) is 0 Å². The zero-order valence-corrected chi connectivity index (χ0v) is 11.9. The number of aliphatic carboxylic acids is 1. The largest absolute Gasteiger partial charge is 0.481 e. The monoisotopic (exact) mass is 268 g/mol. The van der Waals surface area contributed by atoms with Crippen molar-refractivity contribution in [1.29, 1.82) is 0 Å². The first kappa shape index (κ1) is 13.4. The molecule has 2 aliphatic carbocycles. The molecule has 4 aliphatic rings. The van der Waals surface area contributed by atoms with Crippen LogP contribution in [0.4, 0.5) is 0 Å². The van der Waals surface area contributed by atoms with E-state index in [-0.39, 0.29) is 24.0 Å². The number of carboxylic acid groups (broad SMARTS) is 1. The molecule has 19 heavy (non-hydrogen) atoms. The van der Waals surface area contributed by atoms with Crippen molar-refractivity contribution in [2.24, 2.45) is 35.5 Å². The van der Waals surface area contributed by atoms with Crippen molar-refractivity contribution in [3.63, 3.8) is 0 Å². The highest BCUT2D eigenvalue weighted by Gasteiger charge is 2.57. The van der Waals surface area contributed by atoms with Gasteiger partial charge in [-0.05, 0) is 42.4 Å². The smallest absolute Gasteiger partial charge is 0.306 e. The second-order valence-corrected chi connectivity index (χ2v) is 6.91. The summed E-state index contributed by atoms with van der Waals surface area (Å²) in [4.78, 5) is 22.5. The molecule has 2 bridgehead atoms. The Morgan fingerprint density at radius 2 is 1.89 bits per heavy atom. The molecule has 0 radical (unpaired) electrons. The van der Waals surface area contributed by atoms with Gasteiger partial charge in [0.25, 0.3) is 0 Å². The molecule has 4 nitrogen and oxygen atoms in total. The average Bonchev–Trinajstić information content (AvgIpc) is 2.38. The van der Waals surface area contributed by atoms with Gasteiger partial charge < -0.3 is 5.11 Å². The van der Waals surface area contributed by atoms with E-state index in [9.17, 15) is 9.90 Å². The van der Waals surface area contributed by atoms with Gasteiger partial charge in [-0.25, -0.2) is 9.78 Å². The quantitative estimate of drug-likeness (QED) is 0.782. The first-order valence-electron chi connectivity index (χ1n) is 7.55. The Morgan fingerprint density at radius 1 is 1.16 bits per heavy atom. The van der Waals surface area contributed by atoms with Crippen molar-refractivity contribution in [2.45, 2.75) is 52.2 Å². The molecule has 8 atom stereocenters. The highest BCUT2D eigenvalue weighted by Crippen LogP contribution is 2.54. The minimum Gasteiger partial charge on any atom is -0.481 e. The van der Waals surface area contributed by atoms with Crippen LogP contribution in [0.2, 0.25) is 0 Å². The van der Waals surface area contributed by atoms with Crippen LogP contribution in [0.15, 0.2) is 0 Å². The van der Waals surface area contributed by atoms with Crippen molar-refractivity contribution in [1.82, 2.24) is 0 Å². The molecular weight excluding hydrogens is 244 g/mol. The van der Waals surface area contributed by atoms with Crippen LogP contribution in [0.3, 0.4) is 0 Å². The molecule has 0 amide bonds. The van der Waals surface area contributed by atoms with Crippen molar-refractivity contribution < 1.29 is 19.7 Å². The molecule has 2 saturated heterocycles. The number of fused-ring (bicyclic) bond motifs is 2. The van der Waals surface area contributed by atoms with E-state index in [4.69, 9.17) is 9.78 Å². The topological polar surface area (TPSA) is 55.8 Å². The zero-order chi connectivity index (χ0) is 13.7. The second-order valence-electron chi connectivity index (χ2n) is 6.91. The Hall–Kier alpha value is -0.610. The van der Waals surface area contributed by atoms with Gasteiger partial charge in [0.05, 0.1) is 18.1 Å². The summed E-state index contributed by atoms with van der Waals surface area (Å²) in [6.07, 6.45) is 3.44. The van der Waals surface area contributed by atoms with Crippen LogP contribution in [0.1, 0.15) is 40.0 Å². The number of rotatable bonds is 2. The third kappa shape index (κ3) is 2.00. The molecule has 1 N–H and O–H groups in total. The predicted octanol–water partition coefficient (Wildman–Crippen LogP) is 2.72. The first-order chi connectivity index (χ1) is 9.00. The third-order valence-corrected chi connectivity index (χ3v) is 5.85. The van der Waals surface area contributed by atoms with Gasteiger partial charge in [-0.2, -0.15) is 0 Å². The van der Waals surface area contributed by atoms with Crippen LogP contribution >= 0.6 is 0 Å². The molecule has 2 heterocycles. The maximum atomic E-state index is 11.4. The molecule has 2 saturated carbocycles. The van der Waals surface area contributed by atoms with Gasteiger partial charge in [0.1, 0.15) is 0 Å². The molecule has 2 aliphatic heterocycles. The minimum atomic E-state index is -0.673. The van der Waals surface area contributed by atoms with Crippen LogP contribution in [0.5, 0.6) is 0 Å². The number of hydrogen-bond acceptors (Lipinski definition) is 3. The van der Waals surface area contributed by atoms with Gasteiger partial charge in [-0.1, -0.05) is 27.2 Å². The predicted molar refractivity (Wildman–Crippen MR) is 69.2 cm³/mol. The van der Waals surface area contributed by atoms with E-state index in [1.54, 1.807) is 0 Å². The lowest BCUT2D eigenvalue weighted by atomic mass is 9.55. The van der Waals surface area contributed by atoms with E-state index < -0.39 is 5.97 Å². The molecule has 108 valence electrons. The minimum absolute atomic E-state index is 0.0875. The molecule has 1 unspecified atom stereocenters. The Kier molecular flexibility index (Phi) is 3.34. The summed E-state index contributed by atoms with van der Waals surface area (Å²) in [5, 5.41) is 9.35. The lowest BCUT2D eigenvalue weighted by Crippen LogP contribution is -2.60. The summed E-state index contributed by atoms with van der Waals surface area (Å²) in [6, 6.07) is 0. The summed E-state index contributed by atoms with van der Waals surface area (Å²) >= 11 is 0. The fourth-order valence-electron chi connectivity index (χ4n) is 4.78. The van der Waals surface area contributed by atoms with Gasteiger partial charge in [0, 0.05) is 0 Å². The maximum Gasteiger partial charge on any atom is 0.306 e. The van der Waals surface area contributed by atoms with Gasteiger partial charge in [-0.15, -0.1) is 0 Å². The number of carbonyl (C=O) groups is 1. The van der Waals surface area contributed by atoms with Gasteiger partial charge in [0.2, 0.25) is 0 Å². The summed E-state index contributed by atoms with van der Waals surface area (Å²) in [6.45, 7) is 6.35. The lowest BCUT2D eigenvalue weighted by Gasteiger charge is -2.57. The molecular formula is C15H24O4. The molecule has 0 spiro atoms. The summed E-state index contributed by atoms with van der Waals surface area (Å²) in [7, 11) is 0. The molecule has 0 aromatic carbocycles. The second kappa shape index (κ2) is 4.74. The Labute approximate surface area is 114 Å². The Morgan fingerprint density at radius 3 is 2.53 bits per heavy atom. The van der Waals surface area contributed by atoms with Gasteiger partial charge in [0.15, 0.2) is 0 Å². The van der Waals surface area contributed by atoms with Crippen LogP contribution in [-0.2, 0) is 14.6 Å². The van der Waals surface area contributed by atoms with Crippen LogP contribution in [-0.4, -0.2) is 23.3 Å². The van der Waals surface area contributed by atoms with Crippen molar-refractivity contribution >= 4 is 5.97 Å². The Balaban J connectivity index is 1.90. The standard InChI is InChI=1S/C15H24O4/c1-7-4-5-10(9(3)15(16)17)13-12(7)11-6-8(2)14(13)19-18-11/h7-14H,4-6H2,1-3H3,(H,16,17)/t7-,8?,9-,10+,11+,12-,13-,14-/m1/s1. The maximum absolute atomic E-state index is 11.4. The van der Waals surface area contributed by atoms with E-state index >= 15 is 0 Å². The fourth-order valence-corrected chi connectivity index (χ4v) is 4.78. The van der Waals surface area contributed by atoms with Crippen molar-refractivity contribution in [2.75, 3.05) is 0 Å². The fraction of sp³-hybridized carbons (Fsp3) is 0.933. The summed E-state index contributed by atoms with van der Waals surface area (Å²) in [5.41, 5.74) is 0. The molecule has 4 rings (SSSR count). The van der Waals surface area contributed by atoms with Gasteiger partial charge >= 0.3 is 5.97 Å². The summed E-state index contributed by atoms with van der Waals surface area (Å²) in [5.74, 6) is 1.22. The number of carboxylic acids is 1. The zero-order valence-electron chi connectivity index (χ0n) is 11.9. The van der Waals surface area contributed by atoms with Crippen molar-refractivity contribution in [3.8, 4) is 0 Å². The molecule has 0 aromatic rings. The van der Waals surface area contributed by atoms with Crippen LogP contribution in [0.25, 0.3) is 0 Å². The van der Waals surface area contributed by atoms with Crippen LogP contribution in [0, 0.1) is 35.5 Å². The first-order valence-corrected chi connectivity index (χ1v) is 7.55. The van der Waals surface area contributed by atoms with E-state index in [1.807, 2.05) is 6.92 Å². The molecule has 4 heteroatoms. The van der Waals surface area contributed by atoms with E-state index in [1.165, 1.54) is 0 Å². The van der Waals surface area contributed by atoms with Gasteiger partial charge in [-0.3, -0.25) is 4.79 Å². The SMILES string of the molecule is CC1C[C@@H]2OO[C@H]1[C@@H]1[C@H]([C@@H](C)C(=O)O)CC[C@@H](C)[C@@H]12. The summed E-state index contributed by atoms with van der Waals surface area (Å²) < 4.78 is 0. The average molecular weight is 268 g/mol. The lowest BCUT2D eigenvalue weighted by molar-refractivity contribution is -0.447. The number of hydrogen-bond donors (Lipinski definition) is 1. The highest BCUT2D eigenvalue weighted by atomic mass is 17.2. The normalized spacial score (nSPS) is 50.6. The van der Waals surface area contributed by atoms with E-state index in [0.717, 1.165) is 19.3 Å². The van der Waals surface area contributed by atoms with E-state index in [0.29, 0.717) is 23.7 Å². The molecule has 4 fully saturated rings. The van der Waals surface area contributed by atoms with Crippen LogP contribution < -0.4 is 0 Å². The highest BCUT2D eigenvalue weighted by molar-refractivity contribution is 5.70. The van der Waals surface area contributed by atoms with E-state index in [2.05, 4.69) is 13.8 Å². The molecule has 0 aromatic heterocycles.